The van der Waals surface area contributed by atoms with Gasteiger partial charge in [-0.1, -0.05) is 13.8 Å². The minimum atomic E-state index is -0.512. The molecule has 0 aromatic rings. The number of carbonyl (C=O) groups excluding carboxylic acids is 1. The molecule has 0 aromatic carbocycles. The predicted molar refractivity (Wildman–Crippen MR) is 42.7 cm³/mol. The number of carbonyl (C=O) groups is 1. The Kier molecular flexibility index (Phi) is 5.22. The van der Waals surface area contributed by atoms with E-state index in [4.69, 9.17) is 6.42 Å². The standard InChI is InChI=1S/C8H13NO2/c1-4-8(11-7-10)9(5-2)6-3/h1,7-8H,5-6H2,2-3H3. The lowest BCUT2D eigenvalue weighted by Gasteiger charge is -2.22. The molecule has 0 aromatic heterocycles. The average molecular weight is 155 g/mol. The lowest BCUT2D eigenvalue weighted by Crippen LogP contribution is -2.35. The molecular formula is C8H13NO2. The fraction of sp³-hybridized carbons (Fsp3) is 0.625. The van der Waals surface area contributed by atoms with E-state index < -0.39 is 6.23 Å². The van der Waals surface area contributed by atoms with Gasteiger partial charge in [-0.15, -0.1) is 6.42 Å². The molecule has 0 bridgehead atoms. The maximum atomic E-state index is 9.97. The third-order valence-corrected chi connectivity index (χ3v) is 1.47. The number of terminal acetylenes is 1. The van der Waals surface area contributed by atoms with Crippen molar-refractivity contribution < 1.29 is 9.53 Å². The molecule has 0 heterocycles. The summed E-state index contributed by atoms with van der Waals surface area (Å²) in [6.07, 6.45) is 4.62. The van der Waals surface area contributed by atoms with Gasteiger partial charge in [0, 0.05) is 0 Å². The fourth-order valence-electron chi connectivity index (χ4n) is 0.839. The molecule has 3 nitrogen and oxygen atoms in total. The predicted octanol–water partition coefficient (Wildman–Crippen LogP) is 0.460. The van der Waals surface area contributed by atoms with Crippen LogP contribution in [0.5, 0.6) is 0 Å². The second-order valence-electron chi connectivity index (χ2n) is 1.97. The molecule has 0 saturated heterocycles. The van der Waals surface area contributed by atoms with Crippen LogP contribution in [0.15, 0.2) is 0 Å². The highest BCUT2D eigenvalue weighted by Gasteiger charge is 2.11. The molecule has 3 heteroatoms. The summed E-state index contributed by atoms with van der Waals surface area (Å²) in [5.41, 5.74) is 0. The SMILES string of the molecule is C#CC(OC=O)N(CC)CC. The van der Waals surface area contributed by atoms with Crippen molar-refractivity contribution in [2.24, 2.45) is 0 Å². The third kappa shape index (κ3) is 3.06. The van der Waals surface area contributed by atoms with Gasteiger partial charge in [0.05, 0.1) is 0 Å². The van der Waals surface area contributed by atoms with Crippen LogP contribution in [0.3, 0.4) is 0 Å². The summed E-state index contributed by atoms with van der Waals surface area (Å²) in [5.74, 6) is 2.38. The molecule has 1 atom stereocenters. The van der Waals surface area contributed by atoms with E-state index in [0.29, 0.717) is 6.47 Å². The van der Waals surface area contributed by atoms with E-state index in [2.05, 4.69) is 10.7 Å². The second kappa shape index (κ2) is 5.75. The summed E-state index contributed by atoms with van der Waals surface area (Å²) < 4.78 is 4.64. The summed E-state index contributed by atoms with van der Waals surface area (Å²) in [6.45, 7) is 5.85. The van der Waals surface area contributed by atoms with E-state index in [-0.39, 0.29) is 0 Å². The fourth-order valence-corrected chi connectivity index (χ4v) is 0.839. The van der Waals surface area contributed by atoms with Crippen molar-refractivity contribution in [1.29, 1.82) is 0 Å². The van der Waals surface area contributed by atoms with Crippen LogP contribution in [0.2, 0.25) is 0 Å². The minimum absolute atomic E-state index is 0.378. The second-order valence-corrected chi connectivity index (χ2v) is 1.97. The number of ether oxygens (including phenoxy) is 1. The highest BCUT2D eigenvalue weighted by molar-refractivity contribution is 5.38. The van der Waals surface area contributed by atoms with E-state index in [1.807, 2.05) is 18.7 Å². The molecular weight excluding hydrogens is 142 g/mol. The molecule has 0 spiro atoms. The number of nitrogens with zero attached hydrogens (tertiary/aromatic N) is 1. The lowest BCUT2D eigenvalue weighted by atomic mass is 10.4. The van der Waals surface area contributed by atoms with Crippen LogP contribution in [0.25, 0.3) is 0 Å². The van der Waals surface area contributed by atoms with Gasteiger partial charge in [0.15, 0.2) is 0 Å². The zero-order chi connectivity index (χ0) is 8.69. The van der Waals surface area contributed by atoms with E-state index in [9.17, 15) is 4.79 Å². The maximum Gasteiger partial charge on any atom is 0.295 e. The minimum Gasteiger partial charge on any atom is -0.437 e. The molecule has 1 unspecified atom stereocenters. The van der Waals surface area contributed by atoms with E-state index in [0.717, 1.165) is 13.1 Å². The first-order chi connectivity index (χ1) is 5.29. The van der Waals surface area contributed by atoms with Crippen LogP contribution in [0.1, 0.15) is 13.8 Å². The van der Waals surface area contributed by atoms with Crippen LogP contribution in [0, 0.1) is 12.3 Å². The monoisotopic (exact) mass is 155 g/mol. The molecule has 0 aliphatic carbocycles. The quantitative estimate of drug-likeness (QED) is 0.328. The van der Waals surface area contributed by atoms with Gasteiger partial charge in [0.25, 0.3) is 6.47 Å². The van der Waals surface area contributed by atoms with Crippen molar-refractivity contribution in [1.82, 2.24) is 4.90 Å². The first-order valence-electron chi connectivity index (χ1n) is 3.59. The van der Waals surface area contributed by atoms with Crippen molar-refractivity contribution in [2.75, 3.05) is 13.1 Å². The van der Waals surface area contributed by atoms with Crippen LogP contribution in [-0.2, 0) is 9.53 Å². The van der Waals surface area contributed by atoms with Gasteiger partial charge >= 0.3 is 0 Å². The van der Waals surface area contributed by atoms with Crippen LogP contribution >= 0.6 is 0 Å². The molecule has 0 radical (unpaired) electrons. The van der Waals surface area contributed by atoms with Crippen molar-refractivity contribution in [3.8, 4) is 12.3 Å². The van der Waals surface area contributed by atoms with Crippen molar-refractivity contribution >= 4 is 6.47 Å². The summed E-state index contributed by atoms with van der Waals surface area (Å²) in [7, 11) is 0. The molecule has 0 fully saturated rings. The molecule has 62 valence electrons. The van der Waals surface area contributed by atoms with Gasteiger partial charge in [0.1, 0.15) is 0 Å². The first-order valence-corrected chi connectivity index (χ1v) is 3.59. The van der Waals surface area contributed by atoms with E-state index >= 15 is 0 Å². The summed E-state index contributed by atoms with van der Waals surface area (Å²) >= 11 is 0. The molecule has 11 heavy (non-hydrogen) atoms. The Labute approximate surface area is 67.3 Å². The van der Waals surface area contributed by atoms with Crippen LogP contribution < -0.4 is 0 Å². The number of hydrogen-bond acceptors (Lipinski definition) is 3. The summed E-state index contributed by atoms with van der Waals surface area (Å²) in [4.78, 5) is 11.8. The molecule has 0 aliphatic heterocycles. The largest absolute Gasteiger partial charge is 0.437 e. The van der Waals surface area contributed by atoms with E-state index in [1.54, 1.807) is 0 Å². The molecule has 0 N–H and O–H groups in total. The Morgan fingerprint density at radius 3 is 2.45 bits per heavy atom. The molecule has 0 amide bonds. The van der Waals surface area contributed by atoms with Gasteiger partial charge in [0.2, 0.25) is 6.23 Å². The van der Waals surface area contributed by atoms with Gasteiger partial charge in [-0.3, -0.25) is 9.69 Å². The smallest absolute Gasteiger partial charge is 0.295 e. The maximum absolute atomic E-state index is 9.97. The van der Waals surface area contributed by atoms with Crippen LogP contribution in [0.4, 0.5) is 0 Å². The summed E-state index contributed by atoms with van der Waals surface area (Å²) in [5, 5.41) is 0. The van der Waals surface area contributed by atoms with E-state index in [1.165, 1.54) is 0 Å². The Morgan fingerprint density at radius 2 is 2.18 bits per heavy atom. The lowest BCUT2D eigenvalue weighted by molar-refractivity contribution is -0.137. The number of hydrogen-bond donors (Lipinski definition) is 0. The Bertz CT molecular complexity index is 147. The van der Waals surface area contributed by atoms with Gasteiger partial charge in [-0.2, -0.15) is 0 Å². The first kappa shape index (κ1) is 9.99. The molecule has 0 saturated carbocycles. The molecule has 0 rings (SSSR count). The number of rotatable bonds is 5. The van der Waals surface area contributed by atoms with Crippen molar-refractivity contribution in [3.63, 3.8) is 0 Å². The average Bonchev–Trinajstić information content (AvgIpc) is 2.05. The normalized spacial score (nSPS) is 12.2. The topological polar surface area (TPSA) is 29.5 Å². The van der Waals surface area contributed by atoms with Crippen LogP contribution in [-0.4, -0.2) is 30.7 Å². The zero-order valence-electron chi connectivity index (χ0n) is 6.91. The van der Waals surface area contributed by atoms with Gasteiger partial charge in [-0.25, -0.2) is 0 Å². The van der Waals surface area contributed by atoms with Crippen molar-refractivity contribution in [3.05, 3.63) is 0 Å². The van der Waals surface area contributed by atoms with Gasteiger partial charge in [-0.05, 0) is 19.0 Å². The summed E-state index contributed by atoms with van der Waals surface area (Å²) in [6, 6.07) is 0. The Morgan fingerprint density at radius 1 is 1.64 bits per heavy atom. The van der Waals surface area contributed by atoms with Crippen molar-refractivity contribution in [2.45, 2.75) is 20.1 Å². The highest BCUT2D eigenvalue weighted by atomic mass is 16.5. The Balaban J connectivity index is 3.99. The Hall–Kier alpha value is -1.01. The highest BCUT2D eigenvalue weighted by Crippen LogP contribution is 1.97. The zero-order valence-corrected chi connectivity index (χ0v) is 6.91. The van der Waals surface area contributed by atoms with Gasteiger partial charge < -0.3 is 4.74 Å². The third-order valence-electron chi connectivity index (χ3n) is 1.47. The molecule has 0 aliphatic rings.